The summed E-state index contributed by atoms with van der Waals surface area (Å²) >= 11 is 0. The summed E-state index contributed by atoms with van der Waals surface area (Å²) in [6, 6.07) is 3.53. The molecule has 0 bridgehead atoms. The predicted molar refractivity (Wildman–Crippen MR) is 58.3 cm³/mol. The summed E-state index contributed by atoms with van der Waals surface area (Å²) in [7, 11) is 0. The van der Waals surface area contributed by atoms with Gasteiger partial charge in [-0.15, -0.1) is 12.4 Å². The Morgan fingerprint density at radius 2 is 1.88 bits per heavy atom. The number of hydrogen-bond acceptors (Lipinski definition) is 1. The molecule has 0 heterocycles. The van der Waals surface area contributed by atoms with E-state index in [0.29, 0.717) is 11.5 Å². The number of halogens is 4. The van der Waals surface area contributed by atoms with Crippen LogP contribution in [0.15, 0.2) is 18.2 Å². The Hall–Kier alpha value is -0.740. The molecule has 2 N–H and O–H groups in total. The average molecular weight is 252 g/mol. The van der Waals surface area contributed by atoms with Gasteiger partial charge in [-0.2, -0.15) is 0 Å². The third-order valence-corrected chi connectivity index (χ3v) is 2.77. The zero-order valence-corrected chi connectivity index (χ0v) is 9.31. The zero-order chi connectivity index (χ0) is 11.0. The molecule has 0 aromatic heterocycles. The Labute approximate surface area is 98.2 Å². The van der Waals surface area contributed by atoms with E-state index in [1.807, 2.05) is 0 Å². The van der Waals surface area contributed by atoms with Crippen molar-refractivity contribution in [2.24, 2.45) is 11.7 Å². The molecule has 1 fully saturated rings. The van der Waals surface area contributed by atoms with Crippen LogP contribution >= 0.6 is 12.4 Å². The van der Waals surface area contributed by atoms with Crippen molar-refractivity contribution in [3.8, 4) is 0 Å². The number of rotatable bonds is 3. The first-order chi connectivity index (χ1) is 7.09. The maximum absolute atomic E-state index is 13.2. The van der Waals surface area contributed by atoms with Crippen LogP contribution in [0.4, 0.5) is 13.2 Å². The van der Waals surface area contributed by atoms with E-state index in [2.05, 4.69) is 0 Å². The van der Waals surface area contributed by atoms with Crippen LogP contribution in [0.3, 0.4) is 0 Å². The molecule has 0 spiro atoms. The van der Waals surface area contributed by atoms with Crippen LogP contribution in [0.5, 0.6) is 0 Å². The number of alkyl halides is 2. The van der Waals surface area contributed by atoms with Crippen LogP contribution in [-0.2, 0) is 0 Å². The van der Waals surface area contributed by atoms with Crippen molar-refractivity contribution in [1.29, 1.82) is 0 Å². The van der Waals surface area contributed by atoms with Crippen molar-refractivity contribution in [2.45, 2.75) is 25.3 Å². The standard InChI is InChI=1S/C11H12F3N.ClH/c12-9-5-7(10(15)6-1-2-6)3-4-8(9)11(13)14;/h3-6,10-11H,1-2,15H2;1H. The second kappa shape index (κ2) is 5.06. The minimum absolute atomic E-state index is 0. The van der Waals surface area contributed by atoms with Crippen molar-refractivity contribution in [2.75, 3.05) is 0 Å². The molecule has 16 heavy (non-hydrogen) atoms. The zero-order valence-electron chi connectivity index (χ0n) is 8.50. The van der Waals surface area contributed by atoms with Crippen LogP contribution < -0.4 is 5.73 Å². The smallest absolute Gasteiger partial charge is 0.266 e. The minimum Gasteiger partial charge on any atom is -0.324 e. The first-order valence-electron chi connectivity index (χ1n) is 4.92. The lowest BCUT2D eigenvalue weighted by atomic mass is 10.0. The van der Waals surface area contributed by atoms with Crippen molar-refractivity contribution in [1.82, 2.24) is 0 Å². The fourth-order valence-corrected chi connectivity index (χ4v) is 1.66. The summed E-state index contributed by atoms with van der Waals surface area (Å²) < 4.78 is 37.7. The highest BCUT2D eigenvalue weighted by atomic mass is 35.5. The summed E-state index contributed by atoms with van der Waals surface area (Å²) in [6.45, 7) is 0. The number of nitrogens with two attached hydrogens (primary N) is 1. The Morgan fingerprint density at radius 3 is 2.31 bits per heavy atom. The summed E-state index contributed by atoms with van der Waals surface area (Å²) in [5, 5.41) is 0. The lowest BCUT2D eigenvalue weighted by Gasteiger charge is -2.12. The van der Waals surface area contributed by atoms with Crippen molar-refractivity contribution < 1.29 is 13.2 Å². The van der Waals surface area contributed by atoms with E-state index in [0.717, 1.165) is 25.0 Å². The second-order valence-corrected chi connectivity index (χ2v) is 3.94. The average Bonchev–Trinajstić information content (AvgIpc) is 2.99. The van der Waals surface area contributed by atoms with E-state index in [-0.39, 0.29) is 18.4 Å². The highest BCUT2D eigenvalue weighted by Crippen LogP contribution is 2.39. The van der Waals surface area contributed by atoms with E-state index in [4.69, 9.17) is 5.73 Å². The van der Waals surface area contributed by atoms with Crippen molar-refractivity contribution >= 4 is 12.4 Å². The van der Waals surface area contributed by atoms with Crippen molar-refractivity contribution in [3.63, 3.8) is 0 Å². The molecule has 0 amide bonds. The molecule has 5 heteroatoms. The largest absolute Gasteiger partial charge is 0.324 e. The summed E-state index contributed by atoms with van der Waals surface area (Å²) in [5.41, 5.74) is 5.90. The lowest BCUT2D eigenvalue weighted by Crippen LogP contribution is -2.12. The van der Waals surface area contributed by atoms with Crippen LogP contribution in [0, 0.1) is 11.7 Å². The first-order valence-corrected chi connectivity index (χ1v) is 4.92. The Bertz CT molecular complexity index is 366. The summed E-state index contributed by atoms with van der Waals surface area (Å²) in [5.74, 6) is -0.472. The lowest BCUT2D eigenvalue weighted by molar-refractivity contribution is 0.146. The molecule has 90 valence electrons. The van der Waals surface area contributed by atoms with Gasteiger partial charge < -0.3 is 5.73 Å². The van der Waals surface area contributed by atoms with E-state index in [1.54, 1.807) is 0 Å². The minimum atomic E-state index is -2.77. The molecular weight excluding hydrogens is 239 g/mol. The molecule has 0 radical (unpaired) electrons. The van der Waals surface area contributed by atoms with Gasteiger partial charge in [0.15, 0.2) is 0 Å². The highest BCUT2D eigenvalue weighted by molar-refractivity contribution is 5.85. The van der Waals surface area contributed by atoms with Crippen LogP contribution in [0.25, 0.3) is 0 Å². The van der Waals surface area contributed by atoms with Gasteiger partial charge in [0.2, 0.25) is 0 Å². The maximum atomic E-state index is 13.2. The molecule has 1 unspecified atom stereocenters. The molecule has 1 aliphatic rings. The van der Waals surface area contributed by atoms with Crippen LogP contribution in [0.2, 0.25) is 0 Å². The predicted octanol–water partition coefficient (Wildman–Crippen LogP) is 3.59. The SMILES string of the molecule is Cl.NC(c1ccc(C(F)F)c(F)c1)C1CC1. The summed E-state index contributed by atoms with van der Waals surface area (Å²) in [6.07, 6.45) is -0.685. The molecule has 1 aromatic carbocycles. The monoisotopic (exact) mass is 251 g/mol. The van der Waals surface area contributed by atoms with Gasteiger partial charge in [-0.05, 0) is 30.4 Å². The third kappa shape index (κ3) is 2.68. The number of benzene rings is 1. The van der Waals surface area contributed by atoms with Gasteiger partial charge in [0.25, 0.3) is 6.43 Å². The van der Waals surface area contributed by atoms with Crippen LogP contribution in [-0.4, -0.2) is 0 Å². The van der Waals surface area contributed by atoms with E-state index in [1.165, 1.54) is 6.07 Å². The van der Waals surface area contributed by atoms with Crippen molar-refractivity contribution in [3.05, 3.63) is 35.1 Å². The highest BCUT2D eigenvalue weighted by Gasteiger charge is 2.30. The molecule has 0 aliphatic heterocycles. The number of hydrogen-bond donors (Lipinski definition) is 1. The Balaban J connectivity index is 0.00000128. The molecule has 1 aromatic rings. The van der Waals surface area contributed by atoms with Gasteiger partial charge in [0.1, 0.15) is 5.82 Å². The molecule has 0 saturated heterocycles. The fourth-order valence-electron chi connectivity index (χ4n) is 1.66. The normalized spacial score (nSPS) is 17.1. The Morgan fingerprint density at radius 1 is 1.25 bits per heavy atom. The summed E-state index contributed by atoms with van der Waals surface area (Å²) in [4.78, 5) is 0. The van der Waals surface area contributed by atoms with Gasteiger partial charge in [-0.3, -0.25) is 0 Å². The molecule has 2 rings (SSSR count). The molecule has 1 nitrogen and oxygen atoms in total. The van der Waals surface area contributed by atoms with Gasteiger partial charge in [0.05, 0.1) is 5.56 Å². The van der Waals surface area contributed by atoms with Gasteiger partial charge >= 0.3 is 0 Å². The topological polar surface area (TPSA) is 26.0 Å². The maximum Gasteiger partial charge on any atom is 0.266 e. The molecule has 1 atom stereocenters. The fraction of sp³-hybridized carbons (Fsp3) is 0.455. The van der Waals surface area contributed by atoms with Gasteiger partial charge in [0, 0.05) is 6.04 Å². The Kier molecular flexibility index (Phi) is 4.21. The third-order valence-electron chi connectivity index (χ3n) is 2.77. The first kappa shape index (κ1) is 13.3. The van der Waals surface area contributed by atoms with Gasteiger partial charge in [-0.25, -0.2) is 13.2 Å². The molecule has 1 saturated carbocycles. The van der Waals surface area contributed by atoms with Crippen LogP contribution in [0.1, 0.15) is 36.4 Å². The van der Waals surface area contributed by atoms with E-state index >= 15 is 0 Å². The van der Waals surface area contributed by atoms with E-state index in [9.17, 15) is 13.2 Å². The molecule has 1 aliphatic carbocycles. The van der Waals surface area contributed by atoms with Gasteiger partial charge in [-0.1, -0.05) is 12.1 Å². The van der Waals surface area contributed by atoms with E-state index < -0.39 is 17.8 Å². The molecular formula is C11H13ClF3N. The second-order valence-electron chi connectivity index (χ2n) is 3.94. The quantitative estimate of drug-likeness (QED) is 0.873.